The Hall–Kier alpha value is -7.37. The Morgan fingerprint density at radius 3 is 1.75 bits per heavy atom. The second-order valence-electron chi connectivity index (χ2n) is 12.9. The summed E-state index contributed by atoms with van der Waals surface area (Å²) < 4.78 is 0. The quantitative estimate of drug-likeness (QED) is 0.105. The van der Waals surface area contributed by atoms with Gasteiger partial charge in [0.15, 0.2) is 5.82 Å². The number of benzene rings is 5. The van der Waals surface area contributed by atoms with Gasteiger partial charge in [0.2, 0.25) is 0 Å². The van der Waals surface area contributed by atoms with E-state index < -0.39 is 0 Å². The van der Waals surface area contributed by atoms with Gasteiger partial charge in [-0.1, -0.05) is 158 Å². The topological polar surface area (TPSA) is 63.9 Å². The molecule has 5 heteroatoms. The van der Waals surface area contributed by atoms with Gasteiger partial charge in [-0.05, 0) is 71.8 Å². The average Bonchev–Trinajstić information content (AvgIpc) is 3.27. The lowest BCUT2D eigenvalue weighted by molar-refractivity contribution is 1.18. The fraction of sp³-hybridized carbons (Fsp3) is 0.0200. The van der Waals surface area contributed by atoms with E-state index in [-0.39, 0.29) is 0 Å². The third-order valence-corrected chi connectivity index (χ3v) is 9.40. The van der Waals surface area contributed by atoms with Crippen LogP contribution < -0.4 is 0 Å². The maximum absolute atomic E-state index is 5.12. The molecule has 0 saturated heterocycles. The monoisotopic (exact) mass is 707 g/mol. The number of aliphatic imine (C=N–C) groups is 1. The molecule has 0 bridgehead atoms. The number of hydrogen-bond acceptors (Lipinski definition) is 5. The van der Waals surface area contributed by atoms with Crippen LogP contribution in [0.25, 0.3) is 84.4 Å². The predicted molar refractivity (Wildman–Crippen MR) is 228 cm³/mol. The maximum Gasteiger partial charge on any atom is 0.160 e. The Kier molecular flexibility index (Phi) is 10.2. The van der Waals surface area contributed by atoms with Crippen molar-refractivity contribution in [3.05, 3.63) is 200 Å². The van der Waals surface area contributed by atoms with Gasteiger partial charge < -0.3 is 0 Å². The van der Waals surface area contributed by atoms with Crippen LogP contribution in [0.15, 0.2) is 199 Å². The standard InChI is InChI=1S/C50H37N5/c1-3-4-26-44(51-2)47-32-40(35-17-8-5-9-18-35)33-48(53-47)49-42(25-16-31-52-49)37-29-27-36(28-30-37)41-23-14-15-24-43(41)46-34-45(38-19-10-6-11-20-38)54-50(55-46)39-21-12-7-13-22-39/h3-34H,2H2,1H3/b4-3-,44-26-. The number of nitrogens with zero attached hydrogens (tertiary/aromatic N) is 5. The molecule has 0 aliphatic rings. The van der Waals surface area contributed by atoms with Crippen LogP contribution >= 0.6 is 0 Å². The number of aromatic nitrogens is 4. The van der Waals surface area contributed by atoms with Gasteiger partial charge in [-0.15, -0.1) is 0 Å². The van der Waals surface area contributed by atoms with Gasteiger partial charge in [-0.25, -0.2) is 15.0 Å². The highest BCUT2D eigenvalue weighted by Crippen LogP contribution is 2.37. The highest BCUT2D eigenvalue weighted by atomic mass is 14.9. The first-order valence-corrected chi connectivity index (χ1v) is 18.2. The van der Waals surface area contributed by atoms with Crippen molar-refractivity contribution in [2.75, 3.05) is 0 Å². The van der Waals surface area contributed by atoms with Crippen LogP contribution in [-0.2, 0) is 0 Å². The van der Waals surface area contributed by atoms with E-state index >= 15 is 0 Å². The summed E-state index contributed by atoms with van der Waals surface area (Å²) in [6.07, 6.45) is 7.65. The van der Waals surface area contributed by atoms with E-state index in [4.69, 9.17) is 19.9 Å². The Morgan fingerprint density at radius 2 is 1.07 bits per heavy atom. The molecule has 3 heterocycles. The first-order valence-electron chi connectivity index (χ1n) is 18.2. The molecule has 55 heavy (non-hydrogen) atoms. The van der Waals surface area contributed by atoms with Crippen molar-refractivity contribution in [2.24, 2.45) is 4.99 Å². The van der Waals surface area contributed by atoms with Crippen molar-refractivity contribution in [2.45, 2.75) is 6.92 Å². The van der Waals surface area contributed by atoms with Crippen LogP contribution in [0.1, 0.15) is 12.6 Å². The molecule has 5 aromatic carbocycles. The van der Waals surface area contributed by atoms with Gasteiger partial charge in [0, 0.05) is 28.5 Å². The first-order chi connectivity index (χ1) is 27.2. The van der Waals surface area contributed by atoms with Crippen LogP contribution in [0, 0.1) is 0 Å². The van der Waals surface area contributed by atoms with Crippen LogP contribution in [0.3, 0.4) is 0 Å². The fourth-order valence-electron chi connectivity index (χ4n) is 6.68. The van der Waals surface area contributed by atoms with Crippen LogP contribution in [0.4, 0.5) is 0 Å². The molecule has 8 rings (SSSR count). The maximum atomic E-state index is 5.12. The molecule has 0 fully saturated rings. The van der Waals surface area contributed by atoms with E-state index in [1.165, 1.54) is 0 Å². The molecule has 0 N–H and O–H groups in total. The number of rotatable bonds is 10. The highest BCUT2D eigenvalue weighted by molar-refractivity contribution is 5.87. The lowest BCUT2D eigenvalue weighted by atomic mass is 9.94. The lowest BCUT2D eigenvalue weighted by Gasteiger charge is -2.14. The summed E-state index contributed by atoms with van der Waals surface area (Å²) in [6.45, 7) is 5.81. The molecule has 0 aliphatic carbocycles. The van der Waals surface area contributed by atoms with Gasteiger partial charge in [0.05, 0.1) is 34.2 Å². The minimum absolute atomic E-state index is 0.688. The van der Waals surface area contributed by atoms with Crippen molar-refractivity contribution < 1.29 is 0 Å². The summed E-state index contributed by atoms with van der Waals surface area (Å²) in [4.78, 5) is 24.4. The summed E-state index contributed by atoms with van der Waals surface area (Å²) in [5.74, 6) is 0.688. The van der Waals surface area contributed by atoms with Crippen molar-refractivity contribution >= 4 is 12.4 Å². The summed E-state index contributed by atoms with van der Waals surface area (Å²) >= 11 is 0. The smallest absolute Gasteiger partial charge is 0.160 e. The molecule has 0 unspecified atom stereocenters. The Morgan fingerprint density at radius 1 is 0.491 bits per heavy atom. The molecule has 0 amide bonds. The van der Waals surface area contributed by atoms with Gasteiger partial charge in [0.25, 0.3) is 0 Å². The zero-order chi connectivity index (χ0) is 37.4. The van der Waals surface area contributed by atoms with Crippen molar-refractivity contribution in [3.8, 4) is 78.7 Å². The third-order valence-electron chi connectivity index (χ3n) is 9.40. The molecular weight excluding hydrogens is 671 g/mol. The summed E-state index contributed by atoms with van der Waals surface area (Å²) in [7, 11) is 0. The van der Waals surface area contributed by atoms with Gasteiger partial charge in [0.1, 0.15) is 0 Å². The van der Waals surface area contributed by atoms with E-state index in [2.05, 4.69) is 121 Å². The Balaban J connectivity index is 1.20. The second kappa shape index (κ2) is 16.1. The van der Waals surface area contributed by atoms with E-state index in [1.807, 2.05) is 92.0 Å². The lowest BCUT2D eigenvalue weighted by Crippen LogP contribution is -1.97. The zero-order valence-electron chi connectivity index (χ0n) is 30.4. The van der Waals surface area contributed by atoms with Crippen molar-refractivity contribution in [1.82, 2.24) is 19.9 Å². The molecular formula is C50H37N5. The predicted octanol–water partition coefficient (Wildman–Crippen LogP) is 12.6. The van der Waals surface area contributed by atoms with Crippen LogP contribution in [0.2, 0.25) is 0 Å². The summed E-state index contributed by atoms with van der Waals surface area (Å²) in [5.41, 5.74) is 14.0. The largest absolute Gasteiger partial charge is 0.262 e. The fourth-order valence-corrected chi connectivity index (χ4v) is 6.68. The molecule has 0 saturated carbocycles. The molecule has 262 valence electrons. The second-order valence-corrected chi connectivity index (χ2v) is 12.9. The molecule has 0 atom stereocenters. The SMILES string of the molecule is C=N/C(=C\C=C/C)c1cc(-c2ccccc2)cc(-c2ncccc2-c2ccc(-c3ccccc3-c3cc(-c4ccccc4)nc(-c4ccccc4)n3)cc2)n1. The molecule has 8 aromatic rings. The van der Waals surface area contributed by atoms with E-state index in [0.29, 0.717) is 11.5 Å². The van der Waals surface area contributed by atoms with Crippen LogP contribution in [0.5, 0.6) is 0 Å². The Bertz CT molecular complexity index is 2590. The number of pyridine rings is 2. The molecule has 0 radical (unpaired) electrons. The van der Waals surface area contributed by atoms with Crippen molar-refractivity contribution in [1.29, 1.82) is 0 Å². The molecule has 0 spiro atoms. The number of allylic oxidation sites excluding steroid dienone is 3. The third kappa shape index (κ3) is 7.59. The van der Waals surface area contributed by atoms with Gasteiger partial charge in [-0.2, -0.15) is 0 Å². The first kappa shape index (κ1) is 34.7. The van der Waals surface area contributed by atoms with Gasteiger partial charge in [-0.3, -0.25) is 9.98 Å². The van der Waals surface area contributed by atoms with Crippen LogP contribution in [-0.4, -0.2) is 26.7 Å². The van der Waals surface area contributed by atoms with Gasteiger partial charge >= 0.3 is 0 Å². The zero-order valence-corrected chi connectivity index (χ0v) is 30.4. The molecule has 0 aliphatic heterocycles. The van der Waals surface area contributed by atoms with E-state index in [9.17, 15) is 0 Å². The minimum Gasteiger partial charge on any atom is -0.262 e. The molecule has 3 aromatic heterocycles. The Labute approximate surface area is 321 Å². The minimum atomic E-state index is 0.688. The summed E-state index contributed by atoms with van der Waals surface area (Å²) in [6, 6.07) is 58.1. The van der Waals surface area contributed by atoms with E-state index in [1.54, 1.807) is 0 Å². The molecule has 5 nitrogen and oxygen atoms in total. The summed E-state index contributed by atoms with van der Waals surface area (Å²) in [5, 5.41) is 0. The highest BCUT2D eigenvalue weighted by Gasteiger charge is 2.17. The average molecular weight is 708 g/mol. The van der Waals surface area contributed by atoms with Crippen molar-refractivity contribution in [3.63, 3.8) is 0 Å². The van der Waals surface area contributed by atoms with E-state index in [0.717, 1.165) is 78.5 Å². The number of hydrogen-bond donors (Lipinski definition) is 0. The normalized spacial score (nSPS) is 11.5.